The van der Waals surface area contributed by atoms with Crippen molar-refractivity contribution in [1.82, 2.24) is 19.5 Å². The van der Waals surface area contributed by atoms with Crippen molar-refractivity contribution in [2.45, 2.75) is 29.8 Å². The van der Waals surface area contributed by atoms with Gasteiger partial charge in [-0.15, -0.1) is 5.10 Å². The zero-order chi connectivity index (χ0) is 23.6. The van der Waals surface area contributed by atoms with Gasteiger partial charge in [-0.3, -0.25) is 9.89 Å². The molecule has 11 heteroatoms. The summed E-state index contributed by atoms with van der Waals surface area (Å²) in [6.45, 7) is 2.47. The maximum atomic E-state index is 12.9. The van der Waals surface area contributed by atoms with Crippen molar-refractivity contribution in [2.75, 3.05) is 31.3 Å². The lowest BCUT2D eigenvalue weighted by atomic mass is 10.0. The first kappa shape index (κ1) is 23.3. The third-order valence-corrected chi connectivity index (χ3v) is 7.87. The van der Waals surface area contributed by atoms with Crippen LogP contribution in [-0.4, -0.2) is 60.2 Å². The Bertz CT molecular complexity index is 1290. The second-order valence-corrected chi connectivity index (χ2v) is 10.9. The summed E-state index contributed by atoms with van der Waals surface area (Å²) >= 11 is 1.25. The molecule has 0 saturated carbocycles. The second kappa shape index (κ2) is 9.54. The Morgan fingerprint density at radius 3 is 2.82 bits per heavy atom. The Hall–Kier alpha value is -2.89. The van der Waals surface area contributed by atoms with Gasteiger partial charge >= 0.3 is 0 Å². The summed E-state index contributed by atoms with van der Waals surface area (Å²) in [4.78, 5) is 19.3. The number of anilines is 1. The number of fused-ring (bicyclic) bond motifs is 1. The molecule has 1 N–H and O–H groups in total. The molecule has 1 aliphatic rings. The van der Waals surface area contributed by atoms with E-state index in [9.17, 15) is 13.2 Å². The molecule has 0 aliphatic carbocycles. The highest BCUT2D eigenvalue weighted by Crippen LogP contribution is 2.31. The predicted octanol–water partition coefficient (Wildman–Crippen LogP) is 3.20. The van der Waals surface area contributed by atoms with Crippen LogP contribution in [0.4, 0.5) is 5.69 Å². The maximum Gasteiger partial charge on any atom is 0.242 e. The van der Waals surface area contributed by atoms with Gasteiger partial charge in [-0.25, -0.2) is 17.7 Å². The maximum absolute atomic E-state index is 12.9. The number of carbonyl (C=O) groups excluding carboxylic acids is 1. The molecule has 9 nitrogen and oxygen atoms in total. The van der Waals surface area contributed by atoms with Crippen LogP contribution in [0.25, 0.3) is 12.2 Å². The lowest BCUT2D eigenvalue weighted by Gasteiger charge is -2.30. The molecular formula is C22H25N5O4S2. The number of amides is 1. The summed E-state index contributed by atoms with van der Waals surface area (Å²) in [6, 6.07) is 8.70. The number of aromatic amines is 1. The van der Waals surface area contributed by atoms with Crippen LogP contribution >= 0.6 is 11.8 Å². The molecule has 0 saturated heterocycles. The molecule has 174 valence electrons. The van der Waals surface area contributed by atoms with Crippen molar-refractivity contribution in [3.8, 4) is 0 Å². The van der Waals surface area contributed by atoms with Gasteiger partial charge in [0.15, 0.2) is 0 Å². The van der Waals surface area contributed by atoms with Gasteiger partial charge in [0.2, 0.25) is 21.1 Å². The molecule has 0 atom stereocenters. The third kappa shape index (κ3) is 5.21. The zero-order valence-corrected chi connectivity index (χ0v) is 20.2. The monoisotopic (exact) mass is 487 g/mol. The Balaban J connectivity index is 1.41. The van der Waals surface area contributed by atoms with Crippen molar-refractivity contribution in [1.29, 1.82) is 0 Å². The number of furan rings is 1. The molecule has 0 bridgehead atoms. The number of sulfonamides is 1. The smallest absolute Gasteiger partial charge is 0.242 e. The summed E-state index contributed by atoms with van der Waals surface area (Å²) in [6.07, 6.45) is 5.06. The minimum Gasteiger partial charge on any atom is -0.462 e. The number of nitrogens with zero attached hydrogens (tertiary/aromatic N) is 4. The van der Waals surface area contributed by atoms with Crippen molar-refractivity contribution in [3.63, 3.8) is 0 Å². The fraction of sp³-hybridized carbons (Fsp3) is 0.318. The molecule has 3 aromatic rings. The summed E-state index contributed by atoms with van der Waals surface area (Å²) in [7, 11) is -0.511. The minimum absolute atomic E-state index is 0.0721. The van der Waals surface area contributed by atoms with Crippen molar-refractivity contribution < 1.29 is 17.6 Å². The fourth-order valence-corrected chi connectivity index (χ4v) is 5.14. The molecular weight excluding hydrogens is 462 g/mol. The Labute approximate surface area is 196 Å². The number of carbonyl (C=O) groups is 1. The van der Waals surface area contributed by atoms with Crippen LogP contribution in [0.15, 0.2) is 44.8 Å². The van der Waals surface area contributed by atoms with Gasteiger partial charge in [0, 0.05) is 26.3 Å². The van der Waals surface area contributed by atoms with Gasteiger partial charge in [0.1, 0.15) is 17.3 Å². The predicted molar refractivity (Wildman–Crippen MR) is 127 cm³/mol. The first-order valence-electron chi connectivity index (χ1n) is 10.4. The minimum atomic E-state index is -3.52. The second-order valence-electron chi connectivity index (χ2n) is 7.80. The highest BCUT2D eigenvalue weighted by molar-refractivity contribution is 7.99. The van der Waals surface area contributed by atoms with Gasteiger partial charge in [-0.1, -0.05) is 11.8 Å². The van der Waals surface area contributed by atoms with Crippen LogP contribution in [-0.2, 0) is 21.2 Å². The number of thioether (sulfide) groups is 1. The van der Waals surface area contributed by atoms with E-state index >= 15 is 0 Å². The first-order valence-corrected chi connectivity index (χ1v) is 12.8. The van der Waals surface area contributed by atoms with Gasteiger partial charge in [0.25, 0.3) is 0 Å². The van der Waals surface area contributed by atoms with Gasteiger partial charge in [-0.05, 0) is 67.8 Å². The van der Waals surface area contributed by atoms with E-state index in [4.69, 9.17) is 4.42 Å². The summed E-state index contributed by atoms with van der Waals surface area (Å²) in [5.74, 6) is 2.22. The molecule has 1 amide bonds. The molecule has 1 aliphatic heterocycles. The number of hydrogen-bond donors (Lipinski definition) is 1. The Morgan fingerprint density at radius 2 is 2.09 bits per heavy atom. The van der Waals surface area contributed by atoms with Crippen LogP contribution in [0.2, 0.25) is 0 Å². The molecule has 0 radical (unpaired) electrons. The summed E-state index contributed by atoms with van der Waals surface area (Å²) < 4.78 is 31.5. The fourth-order valence-electron chi connectivity index (χ4n) is 3.51. The lowest BCUT2D eigenvalue weighted by molar-refractivity contribution is -0.116. The average molecular weight is 488 g/mol. The third-order valence-electron chi connectivity index (χ3n) is 5.22. The molecule has 0 spiro atoms. The number of rotatable bonds is 7. The van der Waals surface area contributed by atoms with E-state index in [0.29, 0.717) is 17.5 Å². The SMILES string of the molecule is Cc1ccc(/C=C\c2nc(SCC(=O)N3CCCc4cc(S(=O)(=O)N(C)C)ccc43)n[nH]2)o1. The van der Waals surface area contributed by atoms with Crippen molar-refractivity contribution in [3.05, 3.63) is 53.2 Å². The number of benzene rings is 1. The van der Waals surface area contributed by atoms with Crippen LogP contribution in [0, 0.1) is 6.92 Å². The first-order chi connectivity index (χ1) is 15.7. The molecule has 0 fully saturated rings. The topological polar surface area (TPSA) is 112 Å². The molecule has 1 aromatic carbocycles. The highest BCUT2D eigenvalue weighted by atomic mass is 32.2. The van der Waals surface area contributed by atoms with E-state index in [-0.39, 0.29) is 16.6 Å². The standard InChI is InChI=1S/C22H25N5O4S2/c1-15-6-7-17(31-15)8-11-20-23-22(25-24-20)32-14-21(28)27-12-4-5-16-13-18(9-10-19(16)27)33(29,30)26(2)3/h6-11,13H,4-5,12,14H2,1-3H3,(H,23,24,25)/b11-8-. The molecule has 0 unspecified atom stereocenters. The largest absolute Gasteiger partial charge is 0.462 e. The Kier molecular flexibility index (Phi) is 6.73. The van der Waals surface area contributed by atoms with E-state index in [1.54, 1.807) is 35.3 Å². The highest BCUT2D eigenvalue weighted by Gasteiger charge is 2.26. The molecule has 33 heavy (non-hydrogen) atoms. The number of hydrogen-bond acceptors (Lipinski definition) is 7. The number of nitrogens with one attached hydrogen (secondary N) is 1. The molecule has 3 heterocycles. The van der Waals surface area contributed by atoms with Gasteiger partial charge in [-0.2, -0.15) is 0 Å². The lowest BCUT2D eigenvalue weighted by Crippen LogP contribution is -2.37. The quantitative estimate of drug-likeness (QED) is 0.509. The van der Waals surface area contributed by atoms with Crippen LogP contribution in [0.3, 0.4) is 0 Å². The number of H-pyrrole nitrogens is 1. The van der Waals surface area contributed by atoms with E-state index in [2.05, 4.69) is 15.2 Å². The Morgan fingerprint density at radius 1 is 1.27 bits per heavy atom. The van der Waals surface area contributed by atoms with Crippen LogP contribution < -0.4 is 4.90 Å². The van der Waals surface area contributed by atoms with Crippen LogP contribution in [0.1, 0.15) is 29.3 Å². The number of aromatic nitrogens is 3. The van der Waals surface area contributed by atoms with Crippen molar-refractivity contribution >= 4 is 45.5 Å². The van der Waals surface area contributed by atoms with E-state index < -0.39 is 10.0 Å². The van der Waals surface area contributed by atoms with Crippen molar-refractivity contribution in [2.24, 2.45) is 0 Å². The molecule has 2 aromatic heterocycles. The summed E-state index contributed by atoms with van der Waals surface area (Å²) in [5, 5.41) is 7.46. The number of aryl methyl sites for hydroxylation is 2. The molecule has 4 rings (SSSR count). The van der Waals surface area contributed by atoms with E-state index in [1.807, 2.05) is 19.1 Å². The average Bonchev–Trinajstić information content (AvgIpc) is 3.43. The van der Waals surface area contributed by atoms with E-state index in [0.717, 1.165) is 35.6 Å². The normalized spacial score (nSPS) is 14.2. The van der Waals surface area contributed by atoms with Gasteiger partial charge in [0.05, 0.1) is 10.6 Å². The zero-order valence-electron chi connectivity index (χ0n) is 18.6. The summed E-state index contributed by atoms with van der Waals surface area (Å²) in [5.41, 5.74) is 1.62. The van der Waals surface area contributed by atoms with Gasteiger partial charge < -0.3 is 9.32 Å². The van der Waals surface area contributed by atoms with Crippen LogP contribution in [0.5, 0.6) is 0 Å². The van der Waals surface area contributed by atoms with E-state index in [1.165, 1.54) is 30.2 Å².